The molecule has 1 saturated carbocycles. The Balaban J connectivity index is 1.33. The molecule has 250 valence electrons. The first-order valence-corrected chi connectivity index (χ1v) is 18.0. The van der Waals surface area contributed by atoms with Gasteiger partial charge in [0.2, 0.25) is 16.0 Å². The van der Waals surface area contributed by atoms with Crippen LogP contribution in [0.3, 0.4) is 0 Å². The van der Waals surface area contributed by atoms with Crippen LogP contribution in [0.25, 0.3) is 21.8 Å². The first kappa shape index (κ1) is 31.9. The van der Waals surface area contributed by atoms with Gasteiger partial charge in [0, 0.05) is 28.9 Å². The number of benzene rings is 3. The van der Waals surface area contributed by atoms with Crippen LogP contribution in [0.5, 0.6) is 5.75 Å². The van der Waals surface area contributed by atoms with Gasteiger partial charge in [-0.25, -0.2) is 27.9 Å². The number of fused-ring (bicyclic) bond motifs is 4. The zero-order chi connectivity index (χ0) is 33.6. The van der Waals surface area contributed by atoms with Crippen molar-refractivity contribution in [2.45, 2.75) is 69.4 Å². The summed E-state index contributed by atoms with van der Waals surface area (Å²) >= 11 is 0. The van der Waals surface area contributed by atoms with Gasteiger partial charge in [0.05, 0.1) is 35.1 Å². The topological polar surface area (TPSA) is 150 Å². The summed E-state index contributed by atoms with van der Waals surface area (Å²) in [4.78, 5) is 27.0. The molecule has 2 atom stereocenters. The molecule has 2 aliphatic carbocycles. The Kier molecular flexibility index (Phi) is 8.46. The standard InChI is InChI=1S/C36H41N7O4S/c1-20(2)19-37-48(45,46)31-17-24-14-15-29(42-35-40-27-10-5-6-11-28(27)41-35)32(24)33-26(31)18-30(22-12-13-22)39-34(33)43-36(44)38-21(3)23-8-7-9-25(16-23)47-4/h5-11,16-18,20-22,29,37H,12-15,19H2,1-4H3,(H2,40,41,42)(H2,38,39,43,44)/t21-,29+/m0/s1. The lowest BCUT2D eigenvalue weighted by Gasteiger charge is -2.22. The number of nitrogens with zero attached hydrogens (tertiary/aromatic N) is 2. The van der Waals surface area contributed by atoms with Crippen LogP contribution in [-0.4, -0.2) is 43.1 Å². The number of aromatic nitrogens is 3. The number of aromatic amines is 1. The van der Waals surface area contributed by atoms with Crippen LogP contribution < -0.4 is 25.4 Å². The molecule has 48 heavy (non-hydrogen) atoms. The van der Waals surface area contributed by atoms with Gasteiger partial charge in [0.15, 0.2) is 0 Å². The normalized spacial score (nSPS) is 16.6. The number of nitrogens with one attached hydrogen (secondary N) is 5. The van der Waals surface area contributed by atoms with Crippen LogP contribution in [0.4, 0.5) is 16.6 Å². The van der Waals surface area contributed by atoms with E-state index in [1.54, 1.807) is 7.11 Å². The number of ether oxygens (including phenoxy) is 1. The Hall–Kier alpha value is -4.68. The van der Waals surface area contributed by atoms with E-state index in [1.165, 1.54) is 0 Å². The van der Waals surface area contributed by atoms with Crippen molar-refractivity contribution >= 4 is 49.6 Å². The van der Waals surface area contributed by atoms with Crippen molar-refractivity contribution < 1.29 is 17.9 Å². The molecule has 2 aliphatic rings. The summed E-state index contributed by atoms with van der Waals surface area (Å²) < 4.78 is 36.1. The summed E-state index contributed by atoms with van der Waals surface area (Å²) in [6.45, 7) is 6.16. The quantitative estimate of drug-likeness (QED) is 0.103. The Morgan fingerprint density at radius 2 is 1.83 bits per heavy atom. The maximum atomic E-state index is 13.9. The molecule has 3 aromatic carbocycles. The Morgan fingerprint density at radius 1 is 1.02 bits per heavy atom. The molecule has 12 heteroatoms. The molecule has 2 aromatic heterocycles. The number of carbonyl (C=O) groups excluding carboxylic acids is 1. The van der Waals surface area contributed by atoms with E-state index in [0.29, 0.717) is 47.7 Å². The third kappa shape index (κ3) is 6.42. The largest absolute Gasteiger partial charge is 0.497 e. The third-order valence-corrected chi connectivity index (χ3v) is 10.6. The average molecular weight is 668 g/mol. The van der Waals surface area contributed by atoms with Gasteiger partial charge in [-0.15, -0.1) is 0 Å². The van der Waals surface area contributed by atoms with Crippen LogP contribution in [0, 0.1) is 5.92 Å². The van der Waals surface area contributed by atoms with E-state index in [9.17, 15) is 13.2 Å². The smallest absolute Gasteiger partial charge is 0.320 e. The van der Waals surface area contributed by atoms with Gasteiger partial charge in [-0.1, -0.05) is 38.1 Å². The second-order valence-corrected chi connectivity index (χ2v) is 15.0. The van der Waals surface area contributed by atoms with Gasteiger partial charge in [-0.3, -0.25) is 5.32 Å². The number of H-pyrrole nitrogens is 1. The van der Waals surface area contributed by atoms with Gasteiger partial charge in [-0.05, 0) is 91.6 Å². The molecule has 0 bridgehead atoms. The Morgan fingerprint density at radius 3 is 2.58 bits per heavy atom. The Bertz CT molecular complexity index is 2090. The number of sulfonamides is 1. The van der Waals surface area contributed by atoms with E-state index in [1.807, 2.05) is 81.4 Å². The number of rotatable bonds is 11. The monoisotopic (exact) mass is 667 g/mol. The number of anilines is 2. The first-order valence-electron chi connectivity index (χ1n) is 16.5. The molecule has 1 fully saturated rings. The number of carbonyl (C=O) groups is 1. The maximum Gasteiger partial charge on any atom is 0.320 e. The van der Waals surface area contributed by atoms with Gasteiger partial charge >= 0.3 is 6.03 Å². The van der Waals surface area contributed by atoms with E-state index < -0.39 is 16.1 Å². The van der Waals surface area contributed by atoms with Gasteiger partial charge in [0.25, 0.3) is 0 Å². The molecule has 5 aromatic rings. The summed E-state index contributed by atoms with van der Waals surface area (Å²) in [5.41, 5.74) is 5.24. The predicted molar refractivity (Wildman–Crippen MR) is 188 cm³/mol. The minimum absolute atomic E-state index is 0.133. The van der Waals surface area contributed by atoms with Crippen molar-refractivity contribution in [1.29, 1.82) is 0 Å². The summed E-state index contributed by atoms with van der Waals surface area (Å²) in [5, 5.41) is 10.8. The van der Waals surface area contributed by atoms with Gasteiger partial charge in [-0.2, -0.15) is 0 Å². The number of methoxy groups -OCH3 is 1. The molecule has 5 N–H and O–H groups in total. The van der Waals surface area contributed by atoms with Gasteiger partial charge in [0.1, 0.15) is 11.6 Å². The molecule has 0 aliphatic heterocycles. The average Bonchev–Trinajstić information content (AvgIpc) is 3.73. The number of aryl methyl sites for hydroxylation is 1. The fourth-order valence-electron chi connectivity index (χ4n) is 6.48. The molecule has 7 rings (SSSR count). The molecule has 2 amide bonds. The van der Waals surface area contributed by atoms with E-state index in [4.69, 9.17) is 14.7 Å². The second-order valence-electron chi connectivity index (χ2n) is 13.2. The molecule has 0 unspecified atom stereocenters. The molecular weight excluding hydrogens is 627 g/mol. The molecule has 0 radical (unpaired) electrons. The SMILES string of the molecule is COc1cccc([C@H](C)NC(=O)Nc2nc(C3CC3)cc3c(S(=O)(=O)NCC(C)C)cc4c(c23)[C@H](Nc2nc3ccccc3[nH]2)CC4)c1. The van der Waals surface area contributed by atoms with Crippen LogP contribution in [-0.2, 0) is 16.4 Å². The van der Waals surface area contributed by atoms with Gasteiger partial charge < -0.3 is 20.4 Å². The lowest BCUT2D eigenvalue weighted by Crippen LogP contribution is -2.32. The van der Waals surface area contributed by atoms with E-state index in [-0.39, 0.29) is 28.8 Å². The highest BCUT2D eigenvalue weighted by atomic mass is 32.2. The molecule has 0 spiro atoms. The first-order chi connectivity index (χ1) is 23.1. The Labute approximate surface area is 280 Å². The number of hydrogen-bond acceptors (Lipinski definition) is 7. The predicted octanol–water partition coefficient (Wildman–Crippen LogP) is 6.91. The molecule has 11 nitrogen and oxygen atoms in total. The number of imidazole rings is 1. The zero-order valence-corrected chi connectivity index (χ0v) is 28.4. The van der Waals surface area contributed by atoms with Crippen molar-refractivity contribution in [1.82, 2.24) is 25.0 Å². The summed E-state index contributed by atoms with van der Waals surface area (Å²) in [5.74, 6) is 2.02. The minimum atomic E-state index is -3.88. The lowest BCUT2D eigenvalue weighted by molar-refractivity contribution is 0.249. The lowest BCUT2D eigenvalue weighted by atomic mass is 9.98. The fourth-order valence-corrected chi connectivity index (χ4v) is 7.93. The van der Waals surface area contributed by atoms with Crippen molar-refractivity contribution in [2.24, 2.45) is 5.92 Å². The highest BCUT2D eigenvalue weighted by molar-refractivity contribution is 7.89. The van der Waals surface area contributed by atoms with Crippen molar-refractivity contribution in [3.05, 3.63) is 83.0 Å². The highest BCUT2D eigenvalue weighted by Crippen LogP contribution is 2.47. The minimum Gasteiger partial charge on any atom is -0.497 e. The number of hydrogen-bond donors (Lipinski definition) is 5. The number of amides is 2. The maximum absolute atomic E-state index is 13.9. The van der Waals surface area contributed by atoms with Crippen molar-refractivity contribution in [3.8, 4) is 5.75 Å². The summed E-state index contributed by atoms with van der Waals surface area (Å²) in [6, 6.07) is 18.1. The second kappa shape index (κ2) is 12.7. The summed E-state index contributed by atoms with van der Waals surface area (Å²) in [6.07, 6.45) is 3.30. The van der Waals surface area contributed by atoms with E-state index >= 15 is 0 Å². The number of para-hydroxylation sites is 2. The van der Waals surface area contributed by atoms with Crippen molar-refractivity contribution in [3.63, 3.8) is 0 Å². The molecule has 0 saturated heterocycles. The zero-order valence-electron chi connectivity index (χ0n) is 27.6. The van der Waals surface area contributed by atoms with E-state index in [2.05, 4.69) is 25.7 Å². The van der Waals surface area contributed by atoms with Crippen molar-refractivity contribution in [2.75, 3.05) is 24.3 Å². The van der Waals surface area contributed by atoms with Crippen LogP contribution in [0.2, 0.25) is 0 Å². The molecule has 2 heterocycles. The van der Waals surface area contributed by atoms with Crippen LogP contribution in [0.1, 0.15) is 80.4 Å². The fraction of sp³-hybridized carbons (Fsp3) is 0.361. The van der Waals surface area contributed by atoms with Crippen LogP contribution >= 0.6 is 0 Å². The number of urea groups is 1. The highest BCUT2D eigenvalue weighted by Gasteiger charge is 2.34. The summed E-state index contributed by atoms with van der Waals surface area (Å²) in [7, 11) is -2.28. The van der Waals surface area contributed by atoms with E-state index in [0.717, 1.165) is 46.3 Å². The number of pyridine rings is 1. The third-order valence-electron chi connectivity index (χ3n) is 9.12. The molecular formula is C36H41N7O4S. The van der Waals surface area contributed by atoms with Crippen LogP contribution in [0.15, 0.2) is 65.6 Å².